The van der Waals surface area contributed by atoms with E-state index in [-0.39, 0.29) is 35.9 Å². The fourth-order valence-electron chi connectivity index (χ4n) is 6.03. The number of cyclic esters (lactones) is 1. The van der Waals surface area contributed by atoms with E-state index >= 15 is 0 Å². The first kappa shape index (κ1) is 38.7. The summed E-state index contributed by atoms with van der Waals surface area (Å²) in [5.41, 5.74) is -1.61. The van der Waals surface area contributed by atoms with Gasteiger partial charge in [0.2, 0.25) is 0 Å². The van der Waals surface area contributed by atoms with Crippen LogP contribution in [-0.4, -0.2) is 60.7 Å². The molecule has 1 aromatic rings. The number of aliphatic hydroxyl groups excluding tert-OH is 1. The van der Waals surface area contributed by atoms with E-state index in [9.17, 15) is 27.9 Å². The van der Waals surface area contributed by atoms with E-state index < -0.39 is 42.0 Å². The maximum absolute atomic E-state index is 14.7. The summed E-state index contributed by atoms with van der Waals surface area (Å²) >= 11 is 0. The molecule has 2 aliphatic rings. The molecule has 1 saturated heterocycles. The molecular formula is C38H48F3NO6. The summed E-state index contributed by atoms with van der Waals surface area (Å²) in [6.07, 6.45) is 11.8. The molecule has 0 saturated carbocycles. The number of benzene rings is 1. The molecule has 8 atom stereocenters. The molecule has 0 aliphatic carbocycles. The van der Waals surface area contributed by atoms with Crippen LogP contribution in [0.5, 0.6) is 0 Å². The summed E-state index contributed by atoms with van der Waals surface area (Å²) < 4.78 is 60.6. The largest absolute Gasteiger partial charge is 0.455 e. The maximum Gasteiger partial charge on any atom is 0.430 e. The number of aliphatic hydroxyl groups is 1. The average Bonchev–Trinajstić information content (AvgIpc) is 3.02. The molecule has 2 aliphatic heterocycles. The van der Waals surface area contributed by atoms with Crippen LogP contribution in [-0.2, 0) is 29.4 Å². The lowest BCUT2D eigenvalue weighted by Gasteiger charge is -2.41. The zero-order chi connectivity index (χ0) is 35.5. The molecule has 0 unspecified atom stereocenters. The summed E-state index contributed by atoms with van der Waals surface area (Å²) in [6.45, 7) is 9.63. The topological polar surface area (TPSA) is 94.1 Å². The fraction of sp³-hybridized carbons (Fsp3) is 0.474. The summed E-state index contributed by atoms with van der Waals surface area (Å²) in [7, 11) is 0.858. The Hall–Kier alpha value is -3.73. The molecule has 0 bridgehead atoms. The Labute approximate surface area is 281 Å². The van der Waals surface area contributed by atoms with Gasteiger partial charge in [-0.3, -0.25) is 4.79 Å². The molecule has 0 spiro atoms. The molecule has 1 amide bonds. The second-order valence-corrected chi connectivity index (χ2v) is 12.5. The minimum absolute atomic E-state index is 0.107. The molecule has 262 valence electrons. The molecular weight excluding hydrogens is 623 g/mol. The Morgan fingerprint density at radius 2 is 1.90 bits per heavy atom. The standard InChI is InChI=1S/C38H48F3NO6/c1-7-13-33-28(5)32(43)24-34(48-33)31(42-36(45)37(46-6,38(39,40)41)29-15-9-8-10-16-29)18-11-14-25(2)22-27(4)23-26(3)20-21-30-17-12-19-35(44)47-30/h7-16,18-21,23,27-28,30-34,43H,17,22,24H2,1-6H3,(H,42,45)/b13-7+,18-11+,21-20+,25-14+,26-23-/t27-,28+,30-,31+,32-,33+,34+,37-/m1/s1. The van der Waals surface area contributed by atoms with E-state index in [2.05, 4.69) is 18.3 Å². The van der Waals surface area contributed by atoms with Crippen LogP contribution in [0.15, 0.2) is 102 Å². The van der Waals surface area contributed by atoms with Gasteiger partial charge in [-0.2, -0.15) is 13.2 Å². The third-order valence-corrected chi connectivity index (χ3v) is 8.57. The van der Waals surface area contributed by atoms with Crippen molar-refractivity contribution in [3.8, 4) is 0 Å². The van der Waals surface area contributed by atoms with Gasteiger partial charge >= 0.3 is 12.1 Å². The third-order valence-electron chi connectivity index (χ3n) is 8.57. The quantitative estimate of drug-likeness (QED) is 0.131. The second kappa shape index (κ2) is 17.6. The highest BCUT2D eigenvalue weighted by Crippen LogP contribution is 2.42. The second-order valence-electron chi connectivity index (χ2n) is 12.5. The molecule has 1 fully saturated rings. The molecule has 2 N–H and O–H groups in total. The lowest BCUT2D eigenvalue weighted by atomic mass is 9.86. The number of nitrogens with one attached hydrogen (secondary N) is 1. The van der Waals surface area contributed by atoms with E-state index in [1.54, 1.807) is 36.4 Å². The van der Waals surface area contributed by atoms with Crippen LogP contribution < -0.4 is 5.32 Å². The Morgan fingerprint density at radius 1 is 1.19 bits per heavy atom. The fourth-order valence-corrected chi connectivity index (χ4v) is 6.03. The van der Waals surface area contributed by atoms with Crippen LogP contribution >= 0.6 is 0 Å². The van der Waals surface area contributed by atoms with Gasteiger partial charge in [-0.25, -0.2) is 4.79 Å². The zero-order valence-electron chi connectivity index (χ0n) is 28.4. The first-order chi connectivity index (χ1) is 22.7. The number of rotatable bonds is 13. The van der Waals surface area contributed by atoms with E-state index in [1.165, 1.54) is 30.3 Å². The van der Waals surface area contributed by atoms with E-state index in [1.807, 2.05) is 45.9 Å². The van der Waals surface area contributed by atoms with Crippen molar-refractivity contribution >= 4 is 11.9 Å². The van der Waals surface area contributed by atoms with Crippen molar-refractivity contribution in [2.24, 2.45) is 11.8 Å². The van der Waals surface area contributed by atoms with E-state index in [4.69, 9.17) is 14.2 Å². The van der Waals surface area contributed by atoms with Crippen molar-refractivity contribution in [2.75, 3.05) is 7.11 Å². The number of methoxy groups -OCH3 is 1. The molecule has 3 rings (SSSR count). The molecule has 48 heavy (non-hydrogen) atoms. The molecule has 0 aromatic heterocycles. The van der Waals surface area contributed by atoms with Gasteiger partial charge in [-0.15, -0.1) is 0 Å². The number of carbonyl (C=O) groups excluding carboxylic acids is 2. The first-order valence-electron chi connectivity index (χ1n) is 16.2. The summed E-state index contributed by atoms with van der Waals surface area (Å²) in [4.78, 5) is 25.1. The maximum atomic E-state index is 14.7. The Morgan fingerprint density at radius 3 is 2.52 bits per heavy atom. The molecule has 0 radical (unpaired) electrons. The van der Waals surface area contributed by atoms with Crippen molar-refractivity contribution < 1.29 is 42.1 Å². The summed E-state index contributed by atoms with van der Waals surface area (Å²) in [6, 6.07) is 5.76. The number of hydrogen-bond donors (Lipinski definition) is 2. The Balaban J connectivity index is 1.84. The smallest absolute Gasteiger partial charge is 0.430 e. The van der Waals surface area contributed by atoms with Crippen LogP contribution in [0.1, 0.15) is 59.4 Å². The number of alkyl halides is 3. The van der Waals surface area contributed by atoms with Crippen molar-refractivity contribution in [3.63, 3.8) is 0 Å². The van der Waals surface area contributed by atoms with Gasteiger partial charge in [0.1, 0.15) is 6.10 Å². The number of ether oxygens (including phenoxy) is 3. The van der Waals surface area contributed by atoms with Gasteiger partial charge in [0.25, 0.3) is 11.5 Å². The minimum Gasteiger partial charge on any atom is -0.455 e. The number of halogens is 3. The molecule has 10 heteroatoms. The van der Waals surface area contributed by atoms with Gasteiger partial charge in [0.15, 0.2) is 0 Å². The summed E-state index contributed by atoms with van der Waals surface area (Å²) in [5.74, 6) is -1.84. The van der Waals surface area contributed by atoms with Crippen LogP contribution in [0.2, 0.25) is 0 Å². The highest BCUT2D eigenvalue weighted by Gasteiger charge is 2.63. The average molecular weight is 672 g/mol. The molecule has 1 aromatic carbocycles. The van der Waals surface area contributed by atoms with Gasteiger partial charge < -0.3 is 24.6 Å². The lowest BCUT2D eigenvalue weighted by Crippen LogP contribution is -2.60. The number of esters is 1. The molecule has 2 heterocycles. The highest BCUT2D eigenvalue weighted by atomic mass is 19.4. The normalized spacial score (nSPS) is 26.9. The van der Waals surface area contributed by atoms with E-state index in [0.29, 0.717) is 12.8 Å². The van der Waals surface area contributed by atoms with Crippen molar-refractivity contribution in [3.05, 3.63) is 108 Å². The van der Waals surface area contributed by atoms with Gasteiger partial charge in [-0.05, 0) is 39.2 Å². The van der Waals surface area contributed by atoms with Crippen molar-refractivity contribution in [1.29, 1.82) is 0 Å². The van der Waals surface area contributed by atoms with Crippen LogP contribution in [0, 0.1) is 11.8 Å². The van der Waals surface area contributed by atoms with Crippen LogP contribution in [0.3, 0.4) is 0 Å². The lowest BCUT2D eigenvalue weighted by molar-refractivity contribution is -0.266. The van der Waals surface area contributed by atoms with Crippen molar-refractivity contribution in [1.82, 2.24) is 5.32 Å². The van der Waals surface area contributed by atoms with E-state index in [0.717, 1.165) is 18.3 Å². The van der Waals surface area contributed by atoms with Crippen molar-refractivity contribution in [2.45, 2.75) is 96.1 Å². The SMILES string of the molecule is C/C=C/[C@@H]1O[C@H]([C@H](/C=C/C=C(\C)C[C@@H](C)/C=C(C)\C=C\[C@H]2CC=CC(=O)O2)NC(=O)[C@](OC)(c2ccccc2)C(F)(F)F)C[C@@H](O)[C@@H]1C. The molecule has 7 nitrogen and oxygen atoms in total. The first-order valence-corrected chi connectivity index (χ1v) is 16.2. The summed E-state index contributed by atoms with van der Waals surface area (Å²) in [5, 5.41) is 13.4. The number of hydrogen-bond acceptors (Lipinski definition) is 6. The van der Waals surface area contributed by atoms with Crippen LogP contribution in [0.4, 0.5) is 13.2 Å². The minimum atomic E-state index is -5.08. The number of carbonyl (C=O) groups is 2. The Kier molecular flexibility index (Phi) is 14.2. The predicted octanol–water partition coefficient (Wildman–Crippen LogP) is 7.21. The third kappa shape index (κ3) is 10.1. The van der Waals surface area contributed by atoms with Crippen LogP contribution in [0.25, 0.3) is 0 Å². The van der Waals surface area contributed by atoms with Gasteiger partial charge in [0, 0.05) is 37.5 Å². The number of amides is 1. The van der Waals surface area contributed by atoms with Gasteiger partial charge in [0.05, 0.1) is 24.4 Å². The highest BCUT2D eigenvalue weighted by molar-refractivity contribution is 5.88. The zero-order valence-corrected chi connectivity index (χ0v) is 28.4. The monoisotopic (exact) mass is 671 g/mol. The predicted molar refractivity (Wildman–Crippen MR) is 180 cm³/mol. The Bertz CT molecular complexity index is 1410. The van der Waals surface area contributed by atoms with Gasteiger partial charge in [-0.1, -0.05) is 104 Å². The number of allylic oxidation sites excluding steroid dienone is 7.